The number of nitrogens with zero attached hydrogens (tertiary/aromatic N) is 1. The van der Waals surface area contributed by atoms with Crippen molar-refractivity contribution in [2.24, 2.45) is 5.92 Å². The highest BCUT2D eigenvalue weighted by Crippen LogP contribution is 2.25. The number of rotatable bonds is 4. The Labute approximate surface area is 120 Å². The van der Waals surface area contributed by atoms with E-state index >= 15 is 0 Å². The van der Waals surface area contributed by atoms with Gasteiger partial charge in [0.25, 0.3) is 0 Å². The van der Waals surface area contributed by atoms with Crippen molar-refractivity contribution >= 4 is 23.6 Å². The predicted octanol–water partition coefficient (Wildman–Crippen LogP) is 2.32. The van der Waals surface area contributed by atoms with Crippen LogP contribution in [-0.4, -0.2) is 47.0 Å². The Kier molecular flexibility index (Phi) is 6.17. The summed E-state index contributed by atoms with van der Waals surface area (Å²) in [5.41, 5.74) is 0. The SMILES string of the molecule is CCOC(=O)[C@H]1CCCN(C(=O)CSC(C)(C)C)C1. The van der Waals surface area contributed by atoms with E-state index in [4.69, 9.17) is 4.74 Å². The molecule has 0 aromatic rings. The summed E-state index contributed by atoms with van der Waals surface area (Å²) in [5, 5.41) is 0. The van der Waals surface area contributed by atoms with E-state index in [2.05, 4.69) is 20.8 Å². The summed E-state index contributed by atoms with van der Waals surface area (Å²) in [6.07, 6.45) is 1.71. The minimum atomic E-state index is -0.163. The fourth-order valence-corrected chi connectivity index (χ4v) is 2.76. The lowest BCUT2D eigenvalue weighted by molar-refractivity contribution is -0.151. The molecule has 1 heterocycles. The maximum absolute atomic E-state index is 12.1. The van der Waals surface area contributed by atoms with Gasteiger partial charge >= 0.3 is 5.97 Å². The lowest BCUT2D eigenvalue weighted by Crippen LogP contribution is -2.43. The van der Waals surface area contributed by atoms with Gasteiger partial charge in [-0.2, -0.15) is 0 Å². The van der Waals surface area contributed by atoms with Crippen molar-refractivity contribution in [1.29, 1.82) is 0 Å². The topological polar surface area (TPSA) is 46.6 Å². The molecule has 1 amide bonds. The van der Waals surface area contributed by atoms with Crippen LogP contribution in [0.2, 0.25) is 0 Å². The van der Waals surface area contributed by atoms with E-state index in [-0.39, 0.29) is 22.5 Å². The van der Waals surface area contributed by atoms with Crippen LogP contribution in [0.25, 0.3) is 0 Å². The number of hydrogen-bond donors (Lipinski definition) is 0. The van der Waals surface area contributed by atoms with E-state index in [1.807, 2.05) is 11.8 Å². The smallest absolute Gasteiger partial charge is 0.310 e. The Morgan fingerprint density at radius 3 is 2.63 bits per heavy atom. The van der Waals surface area contributed by atoms with Crippen LogP contribution in [0.3, 0.4) is 0 Å². The molecule has 1 atom stereocenters. The third kappa shape index (κ3) is 5.85. The van der Waals surface area contributed by atoms with Gasteiger partial charge in [0.05, 0.1) is 18.3 Å². The fourth-order valence-electron chi connectivity index (χ4n) is 2.03. The van der Waals surface area contributed by atoms with Crippen LogP contribution in [0.15, 0.2) is 0 Å². The van der Waals surface area contributed by atoms with Crippen LogP contribution in [0.5, 0.6) is 0 Å². The number of hydrogen-bond acceptors (Lipinski definition) is 4. The number of piperidine rings is 1. The fraction of sp³-hybridized carbons (Fsp3) is 0.857. The molecular weight excluding hydrogens is 262 g/mol. The molecule has 19 heavy (non-hydrogen) atoms. The largest absolute Gasteiger partial charge is 0.466 e. The molecule has 0 radical (unpaired) electrons. The molecule has 4 nitrogen and oxygen atoms in total. The maximum Gasteiger partial charge on any atom is 0.310 e. The van der Waals surface area contributed by atoms with Crippen molar-refractivity contribution in [1.82, 2.24) is 4.90 Å². The van der Waals surface area contributed by atoms with Crippen LogP contribution in [0, 0.1) is 5.92 Å². The van der Waals surface area contributed by atoms with Crippen LogP contribution in [0.1, 0.15) is 40.5 Å². The van der Waals surface area contributed by atoms with Gasteiger partial charge in [-0.1, -0.05) is 20.8 Å². The zero-order valence-corrected chi connectivity index (χ0v) is 13.2. The van der Waals surface area contributed by atoms with Crippen molar-refractivity contribution in [3.05, 3.63) is 0 Å². The monoisotopic (exact) mass is 287 g/mol. The van der Waals surface area contributed by atoms with Crippen LogP contribution in [0.4, 0.5) is 0 Å². The summed E-state index contributed by atoms with van der Waals surface area (Å²) >= 11 is 1.65. The molecule has 1 fully saturated rings. The summed E-state index contributed by atoms with van der Waals surface area (Å²) < 4.78 is 5.13. The van der Waals surface area contributed by atoms with Crippen LogP contribution >= 0.6 is 11.8 Å². The summed E-state index contributed by atoms with van der Waals surface area (Å²) in [7, 11) is 0. The average molecular weight is 287 g/mol. The number of carbonyl (C=O) groups excluding carboxylic acids is 2. The summed E-state index contributed by atoms with van der Waals surface area (Å²) in [6, 6.07) is 0. The Bertz CT molecular complexity index is 325. The molecule has 1 saturated heterocycles. The van der Waals surface area contributed by atoms with Gasteiger partial charge in [-0.15, -0.1) is 11.8 Å². The lowest BCUT2D eigenvalue weighted by Gasteiger charge is -2.32. The Morgan fingerprint density at radius 2 is 2.05 bits per heavy atom. The molecule has 110 valence electrons. The summed E-state index contributed by atoms with van der Waals surface area (Å²) in [5.74, 6) is 0.314. The zero-order valence-electron chi connectivity index (χ0n) is 12.4. The van der Waals surface area contributed by atoms with Crippen LogP contribution in [-0.2, 0) is 14.3 Å². The van der Waals surface area contributed by atoms with E-state index in [1.54, 1.807) is 11.8 Å². The molecule has 1 rings (SSSR count). The Morgan fingerprint density at radius 1 is 1.37 bits per heavy atom. The first kappa shape index (κ1) is 16.3. The highest BCUT2D eigenvalue weighted by molar-refractivity contribution is 8.01. The molecule has 0 bridgehead atoms. The first-order chi connectivity index (χ1) is 8.83. The van der Waals surface area contributed by atoms with Crippen molar-refractivity contribution in [3.8, 4) is 0 Å². The highest BCUT2D eigenvalue weighted by atomic mass is 32.2. The first-order valence-corrected chi connectivity index (χ1v) is 7.90. The quantitative estimate of drug-likeness (QED) is 0.745. The normalized spacial score (nSPS) is 20.2. The third-order valence-electron chi connectivity index (χ3n) is 3.02. The molecule has 0 aromatic carbocycles. The Hall–Kier alpha value is -0.710. The van der Waals surface area contributed by atoms with E-state index in [0.29, 0.717) is 18.9 Å². The molecule has 0 aromatic heterocycles. The van der Waals surface area contributed by atoms with Crippen molar-refractivity contribution in [2.45, 2.75) is 45.3 Å². The molecule has 1 aliphatic rings. The number of ether oxygens (including phenoxy) is 1. The van der Waals surface area contributed by atoms with E-state index in [0.717, 1.165) is 19.4 Å². The molecular formula is C14H25NO3S. The van der Waals surface area contributed by atoms with E-state index in [9.17, 15) is 9.59 Å². The maximum atomic E-state index is 12.1. The van der Waals surface area contributed by atoms with Crippen molar-refractivity contribution in [3.63, 3.8) is 0 Å². The summed E-state index contributed by atoms with van der Waals surface area (Å²) in [6.45, 7) is 9.79. The molecule has 0 unspecified atom stereocenters. The van der Waals surface area contributed by atoms with Gasteiger partial charge in [-0.25, -0.2) is 0 Å². The van der Waals surface area contributed by atoms with E-state index in [1.165, 1.54) is 0 Å². The Balaban J connectivity index is 2.45. The number of esters is 1. The number of likely N-dealkylation sites (tertiary alicyclic amines) is 1. The number of carbonyl (C=O) groups is 2. The highest BCUT2D eigenvalue weighted by Gasteiger charge is 2.29. The minimum Gasteiger partial charge on any atom is -0.466 e. The van der Waals surface area contributed by atoms with Gasteiger partial charge in [-0.3, -0.25) is 9.59 Å². The third-order valence-corrected chi connectivity index (χ3v) is 4.28. The molecule has 5 heteroatoms. The van der Waals surface area contributed by atoms with Crippen LogP contribution < -0.4 is 0 Å². The zero-order chi connectivity index (χ0) is 14.5. The van der Waals surface area contributed by atoms with Gasteiger partial charge in [-0.05, 0) is 19.8 Å². The van der Waals surface area contributed by atoms with Gasteiger partial charge in [0, 0.05) is 17.8 Å². The summed E-state index contributed by atoms with van der Waals surface area (Å²) in [4.78, 5) is 25.7. The minimum absolute atomic E-state index is 0.0893. The molecule has 0 aliphatic carbocycles. The second kappa shape index (κ2) is 7.17. The first-order valence-electron chi connectivity index (χ1n) is 6.92. The number of thioether (sulfide) groups is 1. The van der Waals surface area contributed by atoms with Crippen molar-refractivity contribution < 1.29 is 14.3 Å². The molecule has 0 spiro atoms. The standard InChI is InChI=1S/C14H25NO3S/c1-5-18-13(17)11-7-6-8-15(9-11)12(16)10-19-14(2,3)4/h11H,5-10H2,1-4H3/t11-/m0/s1. The lowest BCUT2D eigenvalue weighted by atomic mass is 9.98. The molecule has 1 aliphatic heterocycles. The van der Waals surface area contributed by atoms with Gasteiger partial charge in [0.1, 0.15) is 0 Å². The molecule has 0 saturated carbocycles. The predicted molar refractivity (Wildman–Crippen MR) is 78.1 cm³/mol. The second-order valence-electron chi connectivity index (χ2n) is 5.83. The van der Waals surface area contributed by atoms with Gasteiger partial charge in [0.2, 0.25) is 5.91 Å². The van der Waals surface area contributed by atoms with Gasteiger partial charge in [0.15, 0.2) is 0 Å². The second-order valence-corrected chi connectivity index (χ2v) is 7.63. The van der Waals surface area contributed by atoms with Gasteiger partial charge < -0.3 is 9.64 Å². The van der Waals surface area contributed by atoms with E-state index < -0.39 is 0 Å². The molecule has 0 N–H and O–H groups in total. The van der Waals surface area contributed by atoms with Crippen molar-refractivity contribution in [2.75, 3.05) is 25.4 Å². The number of amides is 1. The average Bonchev–Trinajstić information content (AvgIpc) is 2.35.